The average Bonchev–Trinajstić information content (AvgIpc) is 2.86. The predicted molar refractivity (Wildman–Crippen MR) is 80.4 cm³/mol. The first-order valence-electron chi connectivity index (χ1n) is 7.61. The molecule has 0 saturated heterocycles. The summed E-state index contributed by atoms with van der Waals surface area (Å²) in [5.41, 5.74) is 3.06. The van der Waals surface area contributed by atoms with Crippen molar-refractivity contribution < 1.29 is 19.3 Å². The predicted octanol–water partition coefficient (Wildman–Crippen LogP) is 1.18. The Hall–Kier alpha value is -0.950. The first kappa shape index (κ1) is 18.1. The molecule has 0 unspecified atom stereocenters. The molecule has 21 heavy (non-hydrogen) atoms. The monoisotopic (exact) mass is 300 g/mol. The molecule has 1 N–H and O–H groups in total. The Morgan fingerprint density at radius 1 is 1.00 bits per heavy atom. The van der Waals surface area contributed by atoms with E-state index in [0.717, 1.165) is 29.8 Å². The SMILES string of the molecule is CCc1nn(CCOCCOCCOC)c(CC)c1CO. The molecule has 0 spiro atoms. The second kappa shape index (κ2) is 10.7. The van der Waals surface area contributed by atoms with Crippen LogP contribution >= 0.6 is 0 Å². The number of ether oxygens (including phenoxy) is 3. The van der Waals surface area contributed by atoms with Crippen LogP contribution in [0.1, 0.15) is 30.8 Å². The number of aromatic nitrogens is 2. The lowest BCUT2D eigenvalue weighted by atomic mass is 10.1. The smallest absolute Gasteiger partial charge is 0.0718 e. The Labute approximate surface area is 127 Å². The van der Waals surface area contributed by atoms with E-state index in [2.05, 4.69) is 18.9 Å². The van der Waals surface area contributed by atoms with Crippen LogP contribution in [0, 0.1) is 0 Å². The molecule has 0 aliphatic heterocycles. The van der Waals surface area contributed by atoms with Crippen molar-refractivity contribution in [1.82, 2.24) is 9.78 Å². The number of nitrogens with zero attached hydrogens (tertiary/aromatic N) is 2. The second-order valence-electron chi connectivity index (χ2n) is 4.68. The van der Waals surface area contributed by atoms with Crippen LogP contribution in [0.4, 0.5) is 0 Å². The van der Waals surface area contributed by atoms with Gasteiger partial charge in [-0.25, -0.2) is 0 Å². The van der Waals surface area contributed by atoms with Crippen molar-refractivity contribution in [2.45, 2.75) is 39.8 Å². The number of hydrogen-bond acceptors (Lipinski definition) is 5. The van der Waals surface area contributed by atoms with Crippen LogP contribution in [0.15, 0.2) is 0 Å². The van der Waals surface area contributed by atoms with E-state index < -0.39 is 0 Å². The summed E-state index contributed by atoms with van der Waals surface area (Å²) in [6, 6.07) is 0. The fraction of sp³-hybridized carbons (Fsp3) is 0.800. The highest BCUT2D eigenvalue weighted by atomic mass is 16.5. The first-order valence-corrected chi connectivity index (χ1v) is 7.61. The van der Waals surface area contributed by atoms with Gasteiger partial charge in [0, 0.05) is 18.4 Å². The fourth-order valence-corrected chi connectivity index (χ4v) is 2.25. The van der Waals surface area contributed by atoms with Gasteiger partial charge in [0.05, 0.1) is 51.9 Å². The molecule has 0 aliphatic rings. The minimum absolute atomic E-state index is 0.0561. The van der Waals surface area contributed by atoms with Crippen LogP contribution in [0.5, 0.6) is 0 Å². The van der Waals surface area contributed by atoms with Gasteiger partial charge in [-0.05, 0) is 12.8 Å². The normalized spacial score (nSPS) is 11.2. The molecule has 1 aromatic rings. The maximum absolute atomic E-state index is 9.48. The third-order valence-electron chi connectivity index (χ3n) is 3.33. The van der Waals surface area contributed by atoms with E-state index in [1.165, 1.54) is 0 Å². The van der Waals surface area contributed by atoms with Gasteiger partial charge in [-0.1, -0.05) is 13.8 Å². The number of hydrogen-bond donors (Lipinski definition) is 1. The van der Waals surface area contributed by atoms with Crippen molar-refractivity contribution >= 4 is 0 Å². The van der Waals surface area contributed by atoms with Gasteiger partial charge in [0.25, 0.3) is 0 Å². The van der Waals surface area contributed by atoms with Gasteiger partial charge >= 0.3 is 0 Å². The largest absolute Gasteiger partial charge is 0.392 e. The summed E-state index contributed by atoms with van der Waals surface area (Å²) in [5.74, 6) is 0. The van der Waals surface area contributed by atoms with Gasteiger partial charge in [0.15, 0.2) is 0 Å². The number of aryl methyl sites for hydroxylation is 1. The zero-order valence-corrected chi connectivity index (χ0v) is 13.4. The zero-order chi connectivity index (χ0) is 15.5. The number of aliphatic hydroxyl groups excluding tert-OH is 1. The van der Waals surface area contributed by atoms with Gasteiger partial charge in [0.2, 0.25) is 0 Å². The molecule has 1 rings (SSSR count). The van der Waals surface area contributed by atoms with Crippen LogP contribution in [0.2, 0.25) is 0 Å². The molecular formula is C15H28N2O4. The van der Waals surface area contributed by atoms with Crippen molar-refractivity contribution in [2.24, 2.45) is 0 Å². The molecule has 0 amide bonds. The summed E-state index contributed by atoms with van der Waals surface area (Å²) in [6.45, 7) is 7.83. The van der Waals surface area contributed by atoms with E-state index in [1.54, 1.807) is 7.11 Å². The summed E-state index contributed by atoms with van der Waals surface area (Å²) in [7, 11) is 1.65. The molecule has 0 atom stereocenters. The molecule has 0 fully saturated rings. The van der Waals surface area contributed by atoms with Crippen LogP contribution in [0.3, 0.4) is 0 Å². The minimum Gasteiger partial charge on any atom is -0.392 e. The summed E-state index contributed by atoms with van der Waals surface area (Å²) < 4.78 is 17.7. The van der Waals surface area contributed by atoms with Crippen molar-refractivity contribution in [3.63, 3.8) is 0 Å². The van der Waals surface area contributed by atoms with Crippen molar-refractivity contribution in [2.75, 3.05) is 40.1 Å². The second-order valence-corrected chi connectivity index (χ2v) is 4.68. The number of rotatable bonds is 12. The highest BCUT2D eigenvalue weighted by molar-refractivity contribution is 5.25. The summed E-state index contributed by atoms with van der Waals surface area (Å²) in [4.78, 5) is 0. The third-order valence-corrected chi connectivity index (χ3v) is 3.33. The van der Waals surface area contributed by atoms with Gasteiger partial charge < -0.3 is 19.3 Å². The summed E-state index contributed by atoms with van der Waals surface area (Å²) in [5, 5.41) is 14.0. The fourth-order valence-electron chi connectivity index (χ4n) is 2.25. The van der Waals surface area contributed by atoms with Gasteiger partial charge in [-0.2, -0.15) is 5.10 Å². The molecule has 0 radical (unpaired) electrons. The molecule has 6 heteroatoms. The van der Waals surface area contributed by atoms with Crippen molar-refractivity contribution in [3.05, 3.63) is 17.0 Å². The zero-order valence-electron chi connectivity index (χ0n) is 13.4. The third kappa shape index (κ3) is 5.74. The Morgan fingerprint density at radius 3 is 2.24 bits per heavy atom. The van der Waals surface area contributed by atoms with E-state index in [1.807, 2.05) is 4.68 Å². The molecule has 122 valence electrons. The Balaban J connectivity index is 2.33. The molecular weight excluding hydrogens is 272 g/mol. The van der Waals surface area contributed by atoms with E-state index in [-0.39, 0.29) is 6.61 Å². The van der Waals surface area contributed by atoms with E-state index in [9.17, 15) is 5.11 Å². The topological polar surface area (TPSA) is 65.7 Å². The highest BCUT2D eigenvalue weighted by Gasteiger charge is 2.14. The molecule has 0 aliphatic carbocycles. The van der Waals surface area contributed by atoms with Gasteiger partial charge in [0.1, 0.15) is 0 Å². The van der Waals surface area contributed by atoms with Crippen molar-refractivity contribution in [1.29, 1.82) is 0 Å². The lowest BCUT2D eigenvalue weighted by molar-refractivity contribution is 0.0224. The highest BCUT2D eigenvalue weighted by Crippen LogP contribution is 2.16. The Bertz CT molecular complexity index is 393. The summed E-state index contributed by atoms with van der Waals surface area (Å²) >= 11 is 0. The van der Waals surface area contributed by atoms with Gasteiger partial charge in [-0.3, -0.25) is 4.68 Å². The number of methoxy groups -OCH3 is 1. The average molecular weight is 300 g/mol. The Morgan fingerprint density at radius 2 is 1.67 bits per heavy atom. The lowest BCUT2D eigenvalue weighted by Gasteiger charge is -2.08. The van der Waals surface area contributed by atoms with Crippen LogP contribution in [-0.2, 0) is 40.2 Å². The van der Waals surface area contributed by atoms with Gasteiger partial charge in [-0.15, -0.1) is 0 Å². The quantitative estimate of drug-likeness (QED) is 0.587. The maximum atomic E-state index is 9.48. The molecule has 1 aromatic heterocycles. The summed E-state index contributed by atoms with van der Waals surface area (Å²) in [6.07, 6.45) is 1.70. The minimum atomic E-state index is 0.0561. The molecule has 6 nitrogen and oxygen atoms in total. The lowest BCUT2D eigenvalue weighted by Crippen LogP contribution is -2.14. The van der Waals surface area contributed by atoms with Crippen LogP contribution in [-0.4, -0.2) is 55.0 Å². The molecule has 0 bridgehead atoms. The molecule has 1 heterocycles. The Kier molecular flexibility index (Phi) is 9.25. The van der Waals surface area contributed by atoms with Crippen molar-refractivity contribution in [3.8, 4) is 0 Å². The van der Waals surface area contributed by atoms with Crippen LogP contribution in [0.25, 0.3) is 0 Å². The number of aliphatic hydroxyl groups is 1. The van der Waals surface area contributed by atoms with E-state index in [0.29, 0.717) is 39.6 Å². The van der Waals surface area contributed by atoms with E-state index in [4.69, 9.17) is 14.2 Å². The molecule has 0 saturated carbocycles. The van der Waals surface area contributed by atoms with Crippen LogP contribution < -0.4 is 0 Å². The molecule has 0 aromatic carbocycles. The standard InChI is InChI=1S/C15H28N2O4/c1-4-14-13(12-18)15(5-2)17(16-14)6-7-20-10-11-21-9-8-19-3/h18H,4-12H2,1-3H3. The first-order chi connectivity index (χ1) is 10.3. The van der Waals surface area contributed by atoms with E-state index >= 15 is 0 Å². The maximum Gasteiger partial charge on any atom is 0.0718 e.